The first kappa shape index (κ1) is 16.7. The summed E-state index contributed by atoms with van der Waals surface area (Å²) in [4.78, 5) is 17.4. The Bertz CT molecular complexity index is 1100. The zero-order chi connectivity index (χ0) is 18.3. The highest BCUT2D eigenvalue weighted by Crippen LogP contribution is 2.36. The summed E-state index contributed by atoms with van der Waals surface area (Å²) in [5.74, 6) is 0.519. The van der Waals surface area contributed by atoms with E-state index in [1.807, 2.05) is 6.07 Å². The van der Waals surface area contributed by atoms with E-state index in [-0.39, 0.29) is 11.7 Å². The second-order valence-electron chi connectivity index (χ2n) is 5.41. The van der Waals surface area contributed by atoms with Gasteiger partial charge in [-0.3, -0.25) is 10.1 Å². The number of carbonyl (C=O) groups excluding carboxylic acids is 1. The zero-order valence-corrected chi connectivity index (χ0v) is 15.5. The van der Waals surface area contributed by atoms with E-state index in [0.29, 0.717) is 32.4 Å². The fraction of sp³-hybridized carbons (Fsp3) is 0.111. The van der Waals surface area contributed by atoms with Crippen molar-refractivity contribution < 1.29 is 18.7 Å². The van der Waals surface area contributed by atoms with E-state index in [4.69, 9.17) is 9.47 Å². The summed E-state index contributed by atoms with van der Waals surface area (Å²) in [7, 11) is 3.12. The number of methoxy groups -OCH3 is 2. The van der Waals surface area contributed by atoms with Crippen LogP contribution in [-0.4, -0.2) is 25.1 Å². The summed E-state index contributed by atoms with van der Waals surface area (Å²) >= 11 is 2.57. The second-order valence-corrected chi connectivity index (χ2v) is 7.52. The summed E-state index contributed by atoms with van der Waals surface area (Å²) in [5, 5.41) is 3.68. The van der Waals surface area contributed by atoms with Crippen molar-refractivity contribution in [1.82, 2.24) is 4.98 Å². The summed E-state index contributed by atoms with van der Waals surface area (Å²) in [6.07, 6.45) is 0. The molecule has 0 radical (unpaired) electrons. The van der Waals surface area contributed by atoms with E-state index < -0.39 is 0 Å². The van der Waals surface area contributed by atoms with Gasteiger partial charge in [0.25, 0.3) is 5.91 Å². The molecule has 0 fully saturated rings. The van der Waals surface area contributed by atoms with Gasteiger partial charge in [-0.2, -0.15) is 0 Å². The molecule has 0 saturated heterocycles. The van der Waals surface area contributed by atoms with Gasteiger partial charge in [-0.1, -0.05) is 17.4 Å². The first-order valence-electron chi connectivity index (χ1n) is 7.61. The Kier molecular flexibility index (Phi) is 4.21. The van der Waals surface area contributed by atoms with Gasteiger partial charge in [0.2, 0.25) is 0 Å². The lowest BCUT2D eigenvalue weighted by molar-refractivity contribution is 0.103. The molecule has 132 valence electrons. The van der Waals surface area contributed by atoms with Crippen LogP contribution >= 0.6 is 22.7 Å². The Morgan fingerprint density at radius 2 is 1.85 bits per heavy atom. The Balaban J connectivity index is 1.65. The molecular weight excluding hydrogens is 375 g/mol. The number of carbonyl (C=O) groups is 1. The van der Waals surface area contributed by atoms with Gasteiger partial charge in [0.15, 0.2) is 16.6 Å². The number of hydrogen-bond acceptors (Lipinski definition) is 6. The Morgan fingerprint density at radius 3 is 2.58 bits per heavy atom. The molecule has 4 rings (SSSR count). The summed E-state index contributed by atoms with van der Waals surface area (Å²) < 4.78 is 26.0. The van der Waals surface area contributed by atoms with Crippen molar-refractivity contribution in [3.63, 3.8) is 0 Å². The molecule has 0 atom stereocenters. The lowest BCUT2D eigenvalue weighted by Gasteiger charge is -2.05. The van der Waals surface area contributed by atoms with E-state index in [1.165, 1.54) is 28.7 Å². The minimum atomic E-state index is -0.336. The van der Waals surface area contributed by atoms with Crippen LogP contribution in [0.25, 0.3) is 20.3 Å². The number of ether oxygens (including phenoxy) is 2. The normalized spacial score (nSPS) is 11.0. The summed E-state index contributed by atoms with van der Waals surface area (Å²) in [6, 6.07) is 9.93. The maximum atomic E-state index is 13.8. The van der Waals surface area contributed by atoms with Crippen LogP contribution in [0.15, 0.2) is 36.4 Å². The molecule has 8 heteroatoms. The molecule has 1 amide bonds. The molecule has 4 aromatic rings. The van der Waals surface area contributed by atoms with Gasteiger partial charge in [-0.05, 0) is 18.2 Å². The standard InChI is InChI=1S/C18H13FN2O3S2/c1-23-12-7-11-15(8-13(12)24-2)26-18(20-11)21-17(22)16-6-9-10(19)4-3-5-14(9)25-16/h3-8H,1-2H3,(H,20,21,22). The minimum absolute atomic E-state index is 0.316. The number of aromatic nitrogens is 1. The number of thiophene rings is 1. The first-order valence-corrected chi connectivity index (χ1v) is 9.24. The molecular formula is C18H13FN2O3S2. The maximum Gasteiger partial charge on any atom is 0.267 e. The highest BCUT2D eigenvalue weighted by molar-refractivity contribution is 7.23. The predicted molar refractivity (Wildman–Crippen MR) is 102 cm³/mol. The van der Waals surface area contributed by atoms with Crippen molar-refractivity contribution in [3.8, 4) is 11.5 Å². The maximum absolute atomic E-state index is 13.8. The molecule has 0 aliphatic carbocycles. The Hall–Kier alpha value is -2.71. The number of nitrogens with one attached hydrogen (secondary N) is 1. The predicted octanol–water partition coefficient (Wildman–Crippen LogP) is 4.92. The molecule has 5 nitrogen and oxygen atoms in total. The van der Waals surface area contributed by atoms with Crippen molar-refractivity contribution in [2.24, 2.45) is 0 Å². The number of benzene rings is 2. The topological polar surface area (TPSA) is 60.5 Å². The third-order valence-electron chi connectivity index (χ3n) is 3.85. The second kappa shape index (κ2) is 6.54. The molecule has 2 aromatic carbocycles. The molecule has 0 bridgehead atoms. The first-order chi connectivity index (χ1) is 12.6. The van der Waals surface area contributed by atoms with E-state index in [9.17, 15) is 9.18 Å². The zero-order valence-electron chi connectivity index (χ0n) is 13.8. The molecule has 26 heavy (non-hydrogen) atoms. The number of halogens is 1. The van der Waals surface area contributed by atoms with E-state index in [1.54, 1.807) is 38.5 Å². The van der Waals surface area contributed by atoms with Gasteiger partial charge < -0.3 is 9.47 Å². The van der Waals surface area contributed by atoms with Crippen molar-refractivity contribution in [1.29, 1.82) is 0 Å². The number of rotatable bonds is 4. The van der Waals surface area contributed by atoms with Crippen molar-refractivity contribution in [2.45, 2.75) is 0 Å². The minimum Gasteiger partial charge on any atom is -0.493 e. The quantitative estimate of drug-likeness (QED) is 0.539. The third-order valence-corrected chi connectivity index (χ3v) is 5.88. The molecule has 1 N–H and O–H groups in total. The van der Waals surface area contributed by atoms with Crippen LogP contribution in [-0.2, 0) is 0 Å². The number of anilines is 1. The smallest absolute Gasteiger partial charge is 0.267 e. The number of fused-ring (bicyclic) bond motifs is 2. The fourth-order valence-corrected chi connectivity index (χ4v) is 4.45. The lowest BCUT2D eigenvalue weighted by Crippen LogP contribution is -2.09. The van der Waals surface area contributed by atoms with Gasteiger partial charge in [0.05, 0.1) is 29.3 Å². The lowest BCUT2D eigenvalue weighted by atomic mass is 10.2. The van der Waals surface area contributed by atoms with Gasteiger partial charge in [0.1, 0.15) is 5.82 Å². The molecule has 2 heterocycles. The highest BCUT2D eigenvalue weighted by Gasteiger charge is 2.16. The summed E-state index contributed by atoms with van der Waals surface area (Å²) in [5.41, 5.74) is 0.699. The third kappa shape index (κ3) is 2.87. The van der Waals surface area contributed by atoms with E-state index in [0.717, 1.165) is 9.40 Å². The monoisotopic (exact) mass is 388 g/mol. The van der Waals surface area contributed by atoms with Gasteiger partial charge >= 0.3 is 0 Å². The molecule has 0 aliphatic rings. The van der Waals surface area contributed by atoms with E-state index >= 15 is 0 Å². The Labute approximate surface area is 156 Å². The van der Waals surface area contributed by atoms with E-state index in [2.05, 4.69) is 10.3 Å². The average Bonchev–Trinajstić information content (AvgIpc) is 3.24. The fourth-order valence-electron chi connectivity index (χ4n) is 2.60. The van der Waals surface area contributed by atoms with Crippen molar-refractivity contribution in [2.75, 3.05) is 19.5 Å². The van der Waals surface area contributed by atoms with Crippen LogP contribution in [0.3, 0.4) is 0 Å². The molecule has 0 saturated carbocycles. The van der Waals surface area contributed by atoms with Crippen molar-refractivity contribution in [3.05, 3.63) is 47.1 Å². The van der Waals surface area contributed by atoms with Crippen LogP contribution in [0.1, 0.15) is 9.67 Å². The number of amides is 1. The SMILES string of the molecule is COc1cc2nc(NC(=O)c3cc4c(F)cccc4s3)sc2cc1OC. The summed E-state index contributed by atoms with van der Waals surface area (Å²) in [6.45, 7) is 0. The number of hydrogen-bond donors (Lipinski definition) is 1. The highest BCUT2D eigenvalue weighted by atomic mass is 32.1. The van der Waals surface area contributed by atoms with Crippen LogP contribution in [0, 0.1) is 5.82 Å². The average molecular weight is 388 g/mol. The molecule has 2 aromatic heterocycles. The molecule has 0 spiro atoms. The number of nitrogens with zero attached hydrogens (tertiary/aromatic N) is 1. The van der Waals surface area contributed by atoms with Crippen LogP contribution in [0.5, 0.6) is 11.5 Å². The van der Waals surface area contributed by atoms with Crippen LogP contribution in [0.2, 0.25) is 0 Å². The Morgan fingerprint density at radius 1 is 1.08 bits per heavy atom. The molecule has 0 aliphatic heterocycles. The van der Waals surface area contributed by atoms with Crippen LogP contribution < -0.4 is 14.8 Å². The molecule has 0 unspecified atom stereocenters. The number of thiazole rings is 1. The van der Waals surface area contributed by atoms with Gasteiger partial charge in [0, 0.05) is 22.2 Å². The van der Waals surface area contributed by atoms with Crippen molar-refractivity contribution >= 4 is 54.0 Å². The van der Waals surface area contributed by atoms with Gasteiger partial charge in [-0.25, -0.2) is 9.37 Å². The largest absolute Gasteiger partial charge is 0.493 e. The van der Waals surface area contributed by atoms with Crippen LogP contribution in [0.4, 0.5) is 9.52 Å². The van der Waals surface area contributed by atoms with Gasteiger partial charge in [-0.15, -0.1) is 11.3 Å².